The van der Waals surface area contributed by atoms with Crippen LogP contribution in [0.3, 0.4) is 0 Å². The van der Waals surface area contributed by atoms with Crippen molar-refractivity contribution in [3.05, 3.63) is 10.5 Å². The summed E-state index contributed by atoms with van der Waals surface area (Å²) in [4.78, 5) is 26.8. The van der Waals surface area contributed by atoms with E-state index in [0.717, 1.165) is 51.6 Å². The second kappa shape index (κ2) is 7.27. The maximum atomic E-state index is 12.4. The van der Waals surface area contributed by atoms with Crippen LogP contribution in [-0.4, -0.2) is 56.3 Å². The summed E-state index contributed by atoms with van der Waals surface area (Å²) in [6, 6.07) is 0.748. The smallest absolute Gasteiger partial charge is 0.352 e. The van der Waals surface area contributed by atoms with E-state index in [1.54, 1.807) is 4.68 Å². The summed E-state index contributed by atoms with van der Waals surface area (Å²) in [5.41, 5.74) is -0.0732. The Kier molecular flexibility index (Phi) is 4.87. The van der Waals surface area contributed by atoms with E-state index in [9.17, 15) is 9.59 Å². The van der Waals surface area contributed by atoms with Crippen molar-refractivity contribution in [2.45, 2.75) is 75.9 Å². The highest BCUT2D eigenvalue weighted by atomic mass is 16.2. The average molecular weight is 348 g/mol. The molecule has 0 spiro atoms. The van der Waals surface area contributed by atoms with E-state index in [2.05, 4.69) is 20.6 Å². The number of likely N-dealkylation sites (tertiary alicyclic amines) is 1. The normalized spacial score (nSPS) is 23.7. The summed E-state index contributed by atoms with van der Waals surface area (Å²) in [5.74, 6) is 0.141. The van der Waals surface area contributed by atoms with Gasteiger partial charge in [-0.3, -0.25) is 9.69 Å². The van der Waals surface area contributed by atoms with Crippen LogP contribution < -0.4 is 11.0 Å². The number of tetrazole rings is 1. The van der Waals surface area contributed by atoms with Crippen LogP contribution in [0.25, 0.3) is 0 Å². The molecule has 0 radical (unpaired) electrons. The van der Waals surface area contributed by atoms with Crippen LogP contribution in [0.15, 0.2) is 4.79 Å². The first-order chi connectivity index (χ1) is 12.2. The van der Waals surface area contributed by atoms with Gasteiger partial charge in [0.15, 0.2) is 0 Å². The summed E-state index contributed by atoms with van der Waals surface area (Å²) >= 11 is 0. The summed E-state index contributed by atoms with van der Waals surface area (Å²) in [6.45, 7) is 2.11. The number of amides is 1. The van der Waals surface area contributed by atoms with Crippen molar-refractivity contribution in [2.75, 3.05) is 19.6 Å². The molecular weight excluding hydrogens is 320 g/mol. The van der Waals surface area contributed by atoms with Crippen molar-refractivity contribution in [1.29, 1.82) is 0 Å². The molecular formula is C17H28N6O2. The van der Waals surface area contributed by atoms with Gasteiger partial charge in [0.2, 0.25) is 5.91 Å². The minimum Gasteiger partial charge on any atom is -0.352 e. The molecule has 1 aromatic rings. The van der Waals surface area contributed by atoms with Gasteiger partial charge in [-0.25, -0.2) is 4.79 Å². The van der Waals surface area contributed by atoms with Crippen molar-refractivity contribution in [3.8, 4) is 0 Å². The molecule has 1 N–H and O–H groups in total. The number of piperidine rings is 1. The molecule has 138 valence electrons. The number of hydrogen-bond donors (Lipinski definition) is 1. The molecule has 1 amide bonds. The fourth-order valence-electron chi connectivity index (χ4n) is 4.09. The number of carbonyl (C=O) groups excluding carboxylic acids is 1. The Morgan fingerprint density at radius 2 is 1.52 bits per heavy atom. The lowest BCUT2D eigenvalue weighted by atomic mass is 9.95. The molecule has 3 fully saturated rings. The molecule has 1 aliphatic heterocycles. The fourth-order valence-corrected chi connectivity index (χ4v) is 4.09. The van der Waals surface area contributed by atoms with Crippen LogP contribution >= 0.6 is 0 Å². The van der Waals surface area contributed by atoms with Crippen LogP contribution in [0.1, 0.15) is 69.9 Å². The third-order valence-electron chi connectivity index (χ3n) is 5.76. The van der Waals surface area contributed by atoms with E-state index in [-0.39, 0.29) is 23.7 Å². The van der Waals surface area contributed by atoms with Crippen LogP contribution in [0.2, 0.25) is 0 Å². The number of nitrogens with zero attached hydrogens (tertiary/aromatic N) is 5. The van der Waals surface area contributed by atoms with Gasteiger partial charge in [-0.1, -0.05) is 19.3 Å². The molecule has 2 aliphatic carbocycles. The minimum atomic E-state index is -0.0732. The molecule has 2 heterocycles. The number of rotatable bonds is 5. The van der Waals surface area contributed by atoms with Crippen LogP contribution in [0.4, 0.5) is 0 Å². The van der Waals surface area contributed by atoms with Crippen molar-refractivity contribution in [3.63, 3.8) is 0 Å². The topological polar surface area (TPSA) is 85.1 Å². The monoisotopic (exact) mass is 348 g/mol. The Hall–Kier alpha value is -1.70. The summed E-state index contributed by atoms with van der Waals surface area (Å²) in [6.07, 6.45) is 9.75. The van der Waals surface area contributed by atoms with Crippen LogP contribution in [-0.2, 0) is 4.79 Å². The highest BCUT2D eigenvalue weighted by Gasteiger charge is 2.31. The Labute approximate surface area is 147 Å². The summed E-state index contributed by atoms with van der Waals surface area (Å²) in [7, 11) is 0. The van der Waals surface area contributed by atoms with Gasteiger partial charge in [0.1, 0.15) is 0 Å². The third-order valence-corrected chi connectivity index (χ3v) is 5.76. The Morgan fingerprint density at radius 3 is 2.12 bits per heavy atom. The molecule has 25 heavy (non-hydrogen) atoms. The van der Waals surface area contributed by atoms with E-state index in [4.69, 9.17) is 0 Å². The number of hydrogen-bond acceptors (Lipinski definition) is 5. The Balaban J connectivity index is 1.25. The molecule has 8 nitrogen and oxygen atoms in total. The summed E-state index contributed by atoms with van der Waals surface area (Å²) in [5, 5.41) is 11.3. The second-order valence-corrected chi connectivity index (χ2v) is 7.79. The molecule has 0 bridgehead atoms. The van der Waals surface area contributed by atoms with Crippen molar-refractivity contribution in [1.82, 2.24) is 30.0 Å². The van der Waals surface area contributed by atoms with Crippen molar-refractivity contribution < 1.29 is 4.79 Å². The highest BCUT2D eigenvalue weighted by Crippen LogP contribution is 2.32. The lowest BCUT2D eigenvalue weighted by Crippen LogP contribution is -2.45. The van der Waals surface area contributed by atoms with Gasteiger partial charge in [-0.15, -0.1) is 0 Å². The first-order valence-corrected chi connectivity index (χ1v) is 9.76. The van der Waals surface area contributed by atoms with E-state index in [0.29, 0.717) is 12.6 Å². The molecule has 2 saturated carbocycles. The molecule has 0 aromatic carbocycles. The molecule has 1 aromatic heterocycles. The molecule has 0 unspecified atom stereocenters. The maximum Gasteiger partial charge on any atom is 0.364 e. The van der Waals surface area contributed by atoms with Gasteiger partial charge in [0.05, 0.1) is 18.6 Å². The van der Waals surface area contributed by atoms with Crippen LogP contribution in [0.5, 0.6) is 0 Å². The van der Waals surface area contributed by atoms with Gasteiger partial charge in [0, 0.05) is 19.1 Å². The lowest BCUT2D eigenvalue weighted by Gasteiger charge is -2.31. The maximum absolute atomic E-state index is 12.4. The second-order valence-electron chi connectivity index (χ2n) is 7.79. The SMILES string of the molecule is O=C(CN1CCC(n2nnn(C3CC3)c2=O)CC1)NC1CCCCC1. The van der Waals surface area contributed by atoms with Crippen molar-refractivity contribution in [2.24, 2.45) is 0 Å². The molecule has 3 aliphatic rings. The van der Waals surface area contributed by atoms with Gasteiger partial charge in [-0.05, 0) is 49.0 Å². The first kappa shape index (κ1) is 16.8. The summed E-state index contributed by atoms with van der Waals surface area (Å²) < 4.78 is 3.09. The molecule has 8 heteroatoms. The minimum absolute atomic E-state index is 0.0732. The van der Waals surface area contributed by atoms with Gasteiger partial charge in [-0.2, -0.15) is 9.36 Å². The highest BCUT2D eigenvalue weighted by molar-refractivity contribution is 5.78. The van der Waals surface area contributed by atoms with Gasteiger partial charge >= 0.3 is 5.69 Å². The zero-order chi connectivity index (χ0) is 17.2. The quantitative estimate of drug-likeness (QED) is 0.853. The molecule has 0 atom stereocenters. The third kappa shape index (κ3) is 3.94. The molecule has 1 saturated heterocycles. The zero-order valence-electron chi connectivity index (χ0n) is 14.8. The van der Waals surface area contributed by atoms with Crippen LogP contribution in [0, 0.1) is 0 Å². The van der Waals surface area contributed by atoms with E-state index >= 15 is 0 Å². The van der Waals surface area contributed by atoms with E-state index in [1.807, 2.05) is 0 Å². The Bertz CT molecular complexity index is 650. The molecule has 4 rings (SSSR count). The largest absolute Gasteiger partial charge is 0.364 e. The fraction of sp³-hybridized carbons (Fsp3) is 0.882. The van der Waals surface area contributed by atoms with Gasteiger partial charge in [0.25, 0.3) is 0 Å². The van der Waals surface area contributed by atoms with Crippen molar-refractivity contribution >= 4 is 5.91 Å². The predicted octanol–water partition coefficient (Wildman–Crippen LogP) is 0.860. The predicted molar refractivity (Wildman–Crippen MR) is 92.3 cm³/mol. The standard InChI is InChI=1S/C17H28N6O2/c24-16(18-13-4-2-1-3-5-13)12-21-10-8-15(9-11-21)23-17(25)22(19-20-23)14-6-7-14/h13-15H,1-12H2,(H,18,24). The first-order valence-electron chi connectivity index (χ1n) is 9.76. The van der Waals surface area contributed by atoms with E-state index < -0.39 is 0 Å². The average Bonchev–Trinajstić information content (AvgIpc) is 3.39. The van der Waals surface area contributed by atoms with Gasteiger partial charge < -0.3 is 5.32 Å². The lowest BCUT2D eigenvalue weighted by molar-refractivity contribution is -0.123. The number of nitrogens with one attached hydrogen (secondary N) is 1. The number of carbonyl (C=O) groups is 1. The number of aromatic nitrogens is 4. The zero-order valence-corrected chi connectivity index (χ0v) is 14.8. The Morgan fingerprint density at radius 1 is 0.920 bits per heavy atom. The van der Waals surface area contributed by atoms with E-state index in [1.165, 1.54) is 23.9 Å².